The average Bonchev–Trinajstić information content (AvgIpc) is 2.74. The van der Waals surface area contributed by atoms with E-state index in [1.165, 1.54) is 19.3 Å². The second-order valence-corrected chi connectivity index (χ2v) is 4.93. The Morgan fingerprint density at radius 2 is 2.09 bits per heavy atom. The van der Waals surface area contributed by atoms with Crippen LogP contribution in [0.4, 0.5) is 0 Å². The zero-order valence-electron chi connectivity index (χ0n) is 6.49. The molecule has 0 amide bonds. The largest absolute Gasteiger partial charge is 0.299 e. The van der Waals surface area contributed by atoms with Gasteiger partial charge in [0, 0.05) is 11.8 Å². The third-order valence-electron chi connectivity index (χ3n) is 4.81. The molecule has 0 spiro atoms. The molecule has 6 saturated carbocycles. The zero-order valence-corrected chi connectivity index (χ0v) is 6.49. The minimum atomic E-state index is 0.550. The Hall–Kier alpha value is -0.330. The van der Waals surface area contributed by atoms with Gasteiger partial charge in [0.05, 0.1) is 0 Å². The summed E-state index contributed by atoms with van der Waals surface area (Å²) in [6, 6.07) is 0. The maximum atomic E-state index is 11.6. The predicted molar refractivity (Wildman–Crippen MR) is 39.8 cm³/mol. The van der Waals surface area contributed by atoms with Gasteiger partial charge in [-0.1, -0.05) is 0 Å². The van der Waals surface area contributed by atoms with E-state index in [4.69, 9.17) is 0 Å². The summed E-state index contributed by atoms with van der Waals surface area (Å²) in [4.78, 5) is 11.6. The van der Waals surface area contributed by atoms with E-state index in [9.17, 15) is 4.79 Å². The molecule has 0 unspecified atom stereocenters. The van der Waals surface area contributed by atoms with Crippen molar-refractivity contribution >= 4 is 5.78 Å². The molecule has 1 heteroatoms. The lowest BCUT2D eigenvalue weighted by atomic mass is 9.63. The molecular weight excluding hydrogens is 136 g/mol. The van der Waals surface area contributed by atoms with Crippen molar-refractivity contribution in [1.82, 2.24) is 0 Å². The van der Waals surface area contributed by atoms with Gasteiger partial charge < -0.3 is 0 Å². The Kier molecular flexibility index (Phi) is 0.630. The molecule has 0 N–H and O–H groups in total. The van der Waals surface area contributed by atoms with Gasteiger partial charge in [0.15, 0.2) is 0 Å². The van der Waals surface area contributed by atoms with Gasteiger partial charge in [0.2, 0.25) is 0 Å². The minimum Gasteiger partial charge on any atom is -0.299 e. The molecule has 0 radical (unpaired) electrons. The van der Waals surface area contributed by atoms with Gasteiger partial charge in [-0.3, -0.25) is 4.79 Å². The Bertz CT molecular complexity index is 254. The lowest BCUT2D eigenvalue weighted by Gasteiger charge is -2.41. The van der Waals surface area contributed by atoms with Crippen LogP contribution in [0.3, 0.4) is 0 Å². The number of carbonyl (C=O) groups excluding carboxylic acids is 1. The second kappa shape index (κ2) is 1.30. The van der Waals surface area contributed by atoms with Crippen LogP contribution in [0.25, 0.3) is 0 Å². The smallest absolute Gasteiger partial charge is 0.139 e. The van der Waals surface area contributed by atoms with Gasteiger partial charge in [0.1, 0.15) is 5.78 Å². The summed E-state index contributed by atoms with van der Waals surface area (Å²) in [7, 11) is 0. The number of hydrogen-bond acceptors (Lipinski definition) is 1. The van der Waals surface area contributed by atoms with Crippen molar-refractivity contribution in [3.05, 3.63) is 0 Å². The highest BCUT2D eigenvalue weighted by atomic mass is 16.1. The van der Waals surface area contributed by atoms with Crippen molar-refractivity contribution < 1.29 is 4.79 Å². The van der Waals surface area contributed by atoms with Gasteiger partial charge in [-0.25, -0.2) is 0 Å². The lowest BCUT2D eigenvalue weighted by Crippen LogP contribution is -2.38. The maximum Gasteiger partial charge on any atom is 0.139 e. The molecule has 0 aromatic rings. The number of ketones is 1. The summed E-state index contributed by atoms with van der Waals surface area (Å²) in [5.74, 6) is 5.45. The first-order chi connectivity index (χ1) is 5.38. The average molecular weight is 148 g/mol. The van der Waals surface area contributed by atoms with Gasteiger partial charge >= 0.3 is 0 Å². The van der Waals surface area contributed by atoms with E-state index in [0.717, 1.165) is 23.7 Å². The van der Waals surface area contributed by atoms with E-state index in [2.05, 4.69) is 0 Å². The zero-order chi connectivity index (χ0) is 7.16. The normalized spacial score (nSPS) is 68.9. The Labute approximate surface area is 66.2 Å². The van der Waals surface area contributed by atoms with Gasteiger partial charge in [-0.15, -0.1) is 0 Å². The quantitative estimate of drug-likeness (QED) is 0.508. The monoisotopic (exact) mass is 148 g/mol. The van der Waals surface area contributed by atoms with Crippen molar-refractivity contribution in [2.45, 2.75) is 19.3 Å². The molecule has 0 saturated heterocycles. The van der Waals surface area contributed by atoms with Crippen LogP contribution in [0.5, 0.6) is 0 Å². The summed E-state index contributed by atoms with van der Waals surface area (Å²) >= 11 is 0. The fourth-order valence-electron chi connectivity index (χ4n) is 4.51. The first kappa shape index (κ1) is 5.34. The van der Waals surface area contributed by atoms with Crippen LogP contribution in [0.2, 0.25) is 0 Å². The number of carbonyl (C=O) groups is 1. The summed E-state index contributed by atoms with van der Waals surface area (Å²) in [6.07, 6.45) is 4.12. The minimum absolute atomic E-state index is 0.550. The molecule has 6 rings (SSSR count). The van der Waals surface area contributed by atoms with E-state index in [0.29, 0.717) is 17.6 Å². The molecule has 11 heavy (non-hydrogen) atoms. The molecule has 58 valence electrons. The van der Waals surface area contributed by atoms with Crippen LogP contribution in [-0.2, 0) is 4.79 Å². The topological polar surface area (TPSA) is 17.1 Å². The van der Waals surface area contributed by atoms with Gasteiger partial charge in [-0.05, 0) is 42.9 Å². The number of rotatable bonds is 0. The van der Waals surface area contributed by atoms with Gasteiger partial charge in [-0.2, -0.15) is 0 Å². The van der Waals surface area contributed by atoms with E-state index < -0.39 is 0 Å². The molecule has 6 aliphatic rings. The molecule has 6 aliphatic carbocycles. The van der Waals surface area contributed by atoms with E-state index in [1.54, 1.807) is 0 Å². The third kappa shape index (κ3) is 0.380. The first-order valence-corrected chi connectivity index (χ1v) is 4.91. The van der Waals surface area contributed by atoms with Crippen LogP contribution in [-0.4, -0.2) is 5.78 Å². The van der Waals surface area contributed by atoms with Crippen LogP contribution in [0, 0.1) is 35.5 Å². The highest BCUT2D eigenvalue weighted by Gasteiger charge is 2.74. The SMILES string of the molecule is O=C1[C@H]2[C@H]3[C@@H]4CC[C@H]([C@@H]23)[C@H]1C4. The Morgan fingerprint density at radius 1 is 1.18 bits per heavy atom. The van der Waals surface area contributed by atoms with Crippen molar-refractivity contribution in [3.63, 3.8) is 0 Å². The fraction of sp³-hybridized carbons (Fsp3) is 0.900. The molecule has 0 aromatic carbocycles. The molecule has 6 bridgehead atoms. The Balaban J connectivity index is 1.92. The van der Waals surface area contributed by atoms with Gasteiger partial charge in [0.25, 0.3) is 0 Å². The highest BCUT2D eigenvalue weighted by molar-refractivity contribution is 5.91. The third-order valence-corrected chi connectivity index (χ3v) is 4.81. The van der Waals surface area contributed by atoms with Crippen molar-refractivity contribution in [1.29, 1.82) is 0 Å². The predicted octanol–water partition coefficient (Wildman–Crippen LogP) is 1.48. The molecule has 0 aliphatic heterocycles. The molecule has 6 atom stereocenters. The maximum absolute atomic E-state index is 11.6. The number of fused-ring (bicyclic) bond motifs is 1. The second-order valence-electron chi connectivity index (χ2n) is 4.93. The number of Topliss-reactive ketones (excluding diaryl/α,β-unsaturated/α-hetero) is 1. The van der Waals surface area contributed by atoms with Crippen molar-refractivity contribution in [3.8, 4) is 0 Å². The van der Waals surface area contributed by atoms with Crippen LogP contribution >= 0.6 is 0 Å². The highest BCUT2D eigenvalue weighted by Crippen LogP contribution is 2.74. The van der Waals surface area contributed by atoms with E-state index >= 15 is 0 Å². The molecule has 0 aromatic heterocycles. The van der Waals surface area contributed by atoms with Crippen LogP contribution < -0.4 is 0 Å². The van der Waals surface area contributed by atoms with E-state index in [1.807, 2.05) is 0 Å². The summed E-state index contributed by atoms with van der Waals surface area (Å²) in [5.41, 5.74) is 0. The van der Waals surface area contributed by atoms with Crippen molar-refractivity contribution in [2.24, 2.45) is 35.5 Å². The summed E-state index contributed by atoms with van der Waals surface area (Å²) < 4.78 is 0. The number of hydrogen-bond donors (Lipinski definition) is 0. The molecule has 1 nitrogen and oxygen atoms in total. The standard InChI is InChI=1S/C10H12O/c11-10-6-3-4-1-2-5(6)8-7(4)9(8)10/h4-9H,1-3H2/t4-,5+,6-,7+,8-,9+/m1/s1. The van der Waals surface area contributed by atoms with E-state index in [-0.39, 0.29) is 0 Å². The lowest BCUT2D eigenvalue weighted by molar-refractivity contribution is -0.128. The molecule has 6 fully saturated rings. The molecule has 0 heterocycles. The Morgan fingerprint density at radius 3 is 2.73 bits per heavy atom. The summed E-state index contributed by atoms with van der Waals surface area (Å²) in [5, 5.41) is 0. The first-order valence-electron chi connectivity index (χ1n) is 4.91. The fourth-order valence-corrected chi connectivity index (χ4v) is 4.51. The van der Waals surface area contributed by atoms with Crippen LogP contribution in [0.1, 0.15) is 19.3 Å². The van der Waals surface area contributed by atoms with Crippen molar-refractivity contribution in [2.75, 3.05) is 0 Å². The van der Waals surface area contributed by atoms with Crippen LogP contribution in [0.15, 0.2) is 0 Å². The summed E-state index contributed by atoms with van der Waals surface area (Å²) in [6.45, 7) is 0. The molecular formula is C10H12O.